The summed E-state index contributed by atoms with van der Waals surface area (Å²) in [4.78, 5) is 0. The van der Waals surface area contributed by atoms with Gasteiger partial charge in [0.2, 0.25) is 0 Å². The Bertz CT molecular complexity index is 350. The highest BCUT2D eigenvalue weighted by Crippen LogP contribution is 2.39. The van der Waals surface area contributed by atoms with Crippen LogP contribution < -0.4 is 15.2 Å². The lowest BCUT2D eigenvalue weighted by Crippen LogP contribution is -2.13. The third kappa shape index (κ3) is 2.90. The Hall–Kier alpha value is -0.710. The molecule has 0 bridgehead atoms. The molecule has 16 heavy (non-hydrogen) atoms. The molecule has 0 aliphatic heterocycles. The average Bonchev–Trinajstić information content (AvgIpc) is 2.27. The summed E-state index contributed by atoms with van der Waals surface area (Å²) in [6.07, 6.45) is 0. The summed E-state index contributed by atoms with van der Waals surface area (Å²) in [6, 6.07) is 2.54. The van der Waals surface area contributed by atoms with Crippen LogP contribution in [0, 0.1) is 0 Å². The molecule has 1 aromatic carbocycles. The third-order valence-corrected chi connectivity index (χ3v) is 2.47. The molecule has 0 saturated heterocycles. The molecule has 1 aromatic rings. The second kappa shape index (κ2) is 6.78. The van der Waals surface area contributed by atoms with Crippen LogP contribution in [0.3, 0.4) is 0 Å². The Morgan fingerprint density at radius 1 is 1.38 bits per heavy atom. The summed E-state index contributed by atoms with van der Waals surface area (Å²) >= 11 is 6.01. The van der Waals surface area contributed by atoms with Crippen LogP contribution >= 0.6 is 24.0 Å². The molecule has 6 heteroatoms. The van der Waals surface area contributed by atoms with Gasteiger partial charge in [-0.05, 0) is 11.6 Å². The maximum Gasteiger partial charge on any atom is 0.179 e. The van der Waals surface area contributed by atoms with Gasteiger partial charge in [0.25, 0.3) is 0 Å². The molecule has 0 spiro atoms. The van der Waals surface area contributed by atoms with Gasteiger partial charge < -0.3 is 15.2 Å². The Morgan fingerprint density at radius 2 is 2.00 bits per heavy atom. The minimum Gasteiger partial charge on any atom is -0.493 e. The molecule has 0 heterocycles. The van der Waals surface area contributed by atoms with Gasteiger partial charge in [0.05, 0.1) is 25.3 Å². The van der Waals surface area contributed by atoms with Crippen LogP contribution in [0.2, 0.25) is 5.02 Å². The molecule has 1 rings (SSSR count). The number of halogens is 3. The largest absolute Gasteiger partial charge is 0.493 e. The van der Waals surface area contributed by atoms with Crippen molar-refractivity contribution in [3.8, 4) is 11.5 Å². The van der Waals surface area contributed by atoms with E-state index < -0.39 is 12.7 Å². The highest BCUT2D eigenvalue weighted by Gasteiger charge is 2.17. The first-order chi connectivity index (χ1) is 7.15. The van der Waals surface area contributed by atoms with Crippen molar-refractivity contribution in [2.24, 2.45) is 5.73 Å². The molecule has 1 atom stereocenters. The van der Waals surface area contributed by atoms with E-state index in [-0.39, 0.29) is 12.4 Å². The predicted molar refractivity (Wildman–Crippen MR) is 64.7 cm³/mol. The summed E-state index contributed by atoms with van der Waals surface area (Å²) in [5, 5.41) is 0.294. The first kappa shape index (κ1) is 15.3. The van der Waals surface area contributed by atoms with E-state index in [1.807, 2.05) is 0 Å². The molecule has 0 unspecified atom stereocenters. The van der Waals surface area contributed by atoms with E-state index in [2.05, 4.69) is 0 Å². The fourth-order valence-electron chi connectivity index (χ4n) is 1.27. The highest BCUT2D eigenvalue weighted by atomic mass is 35.5. The molecule has 0 aliphatic carbocycles. The first-order valence-corrected chi connectivity index (χ1v) is 4.75. The van der Waals surface area contributed by atoms with Gasteiger partial charge in [-0.1, -0.05) is 17.7 Å². The van der Waals surface area contributed by atoms with Crippen molar-refractivity contribution in [1.82, 2.24) is 0 Å². The predicted octanol–water partition coefficient (Wildman–Crippen LogP) is 2.75. The Balaban J connectivity index is 0.00000225. The molecular weight excluding hydrogens is 256 g/mol. The number of benzene rings is 1. The van der Waals surface area contributed by atoms with Gasteiger partial charge >= 0.3 is 0 Å². The molecular formula is C10H14Cl2FNO2. The lowest BCUT2D eigenvalue weighted by atomic mass is 10.1. The number of hydrogen-bond acceptors (Lipinski definition) is 3. The fourth-order valence-corrected chi connectivity index (χ4v) is 1.65. The number of alkyl halides is 1. The van der Waals surface area contributed by atoms with Gasteiger partial charge in [-0.15, -0.1) is 12.4 Å². The maximum atomic E-state index is 12.4. The van der Waals surface area contributed by atoms with Crippen LogP contribution in [0.5, 0.6) is 11.5 Å². The normalized spacial score (nSPS) is 11.6. The summed E-state index contributed by atoms with van der Waals surface area (Å²) in [5.41, 5.74) is 6.07. The first-order valence-electron chi connectivity index (χ1n) is 4.37. The van der Waals surface area contributed by atoms with Gasteiger partial charge in [-0.2, -0.15) is 0 Å². The molecule has 3 nitrogen and oxygen atoms in total. The molecule has 2 N–H and O–H groups in total. The van der Waals surface area contributed by atoms with Gasteiger partial charge in [0, 0.05) is 0 Å². The SMILES string of the molecule is COc1ccc([C@H](N)CF)c(Cl)c1OC.Cl. The van der Waals surface area contributed by atoms with Crippen molar-refractivity contribution < 1.29 is 13.9 Å². The van der Waals surface area contributed by atoms with Gasteiger partial charge in [-0.3, -0.25) is 0 Å². The van der Waals surface area contributed by atoms with Crippen molar-refractivity contribution in [2.45, 2.75) is 6.04 Å². The zero-order valence-corrected chi connectivity index (χ0v) is 10.6. The molecule has 92 valence electrons. The number of ether oxygens (including phenoxy) is 2. The Kier molecular flexibility index (Phi) is 6.48. The highest BCUT2D eigenvalue weighted by molar-refractivity contribution is 6.33. The second-order valence-corrected chi connectivity index (χ2v) is 3.34. The van der Waals surface area contributed by atoms with Crippen LogP contribution in [0.1, 0.15) is 11.6 Å². The summed E-state index contributed by atoms with van der Waals surface area (Å²) < 4.78 is 22.5. The van der Waals surface area contributed by atoms with Crippen molar-refractivity contribution in [3.05, 3.63) is 22.7 Å². The average molecular weight is 270 g/mol. The van der Waals surface area contributed by atoms with Crippen molar-refractivity contribution >= 4 is 24.0 Å². The molecule has 0 amide bonds. The maximum absolute atomic E-state index is 12.4. The van der Waals surface area contributed by atoms with Crippen LogP contribution in [0.4, 0.5) is 4.39 Å². The Labute approximate surface area is 105 Å². The number of rotatable bonds is 4. The van der Waals surface area contributed by atoms with Crippen LogP contribution in [-0.2, 0) is 0 Å². The number of nitrogens with two attached hydrogens (primary N) is 1. The number of methoxy groups -OCH3 is 2. The van der Waals surface area contributed by atoms with Crippen LogP contribution in [0.25, 0.3) is 0 Å². The van der Waals surface area contributed by atoms with E-state index in [9.17, 15) is 4.39 Å². The van der Waals surface area contributed by atoms with Gasteiger partial charge in [-0.25, -0.2) is 4.39 Å². The summed E-state index contributed by atoms with van der Waals surface area (Å²) in [7, 11) is 2.97. The summed E-state index contributed by atoms with van der Waals surface area (Å²) in [5.74, 6) is 0.873. The van der Waals surface area contributed by atoms with E-state index >= 15 is 0 Å². The topological polar surface area (TPSA) is 44.5 Å². The molecule has 0 aromatic heterocycles. The lowest BCUT2D eigenvalue weighted by Gasteiger charge is -2.15. The lowest BCUT2D eigenvalue weighted by molar-refractivity contribution is 0.353. The van der Waals surface area contributed by atoms with Crippen LogP contribution in [0.15, 0.2) is 12.1 Å². The standard InChI is InChI=1S/C10H13ClFNO2.ClH/c1-14-8-4-3-6(7(13)5-12)9(11)10(8)15-2;/h3-4,7H,5,13H2,1-2H3;1H/t7-;/m1./s1. The van der Waals surface area contributed by atoms with Crippen molar-refractivity contribution in [2.75, 3.05) is 20.9 Å². The Morgan fingerprint density at radius 3 is 2.44 bits per heavy atom. The quantitative estimate of drug-likeness (QED) is 0.914. The zero-order valence-electron chi connectivity index (χ0n) is 9.00. The second-order valence-electron chi connectivity index (χ2n) is 2.97. The van der Waals surface area contributed by atoms with E-state index in [0.717, 1.165) is 0 Å². The van der Waals surface area contributed by atoms with Gasteiger partial charge in [0.15, 0.2) is 11.5 Å². The minimum absolute atomic E-state index is 0. The van der Waals surface area contributed by atoms with Crippen molar-refractivity contribution in [1.29, 1.82) is 0 Å². The monoisotopic (exact) mass is 269 g/mol. The molecule has 0 radical (unpaired) electrons. The minimum atomic E-state index is -0.739. The van der Waals surface area contributed by atoms with Crippen LogP contribution in [-0.4, -0.2) is 20.9 Å². The smallest absolute Gasteiger partial charge is 0.179 e. The van der Waals surface area contributed by atoms with E-state index in [1.54, 1.807) is 12.1 Å². The van der Waals surface area contributed by atoms with E-state index in [0.29, 0.717) is 22.1 Å². The molecule has 0 aliphatic rings. The van der Waals surface area contributed by atoms with E-state index in [1.165, 1.54) is 14.2 Å². The molecule has 0 saturated carbocycles. The summed E-state index contributed by atoms with van der Waals surface area (Å²) in [6.45, 7) is -0.671. The van der Waals surface area contributed by atoms with Crippen molar-refractivity contribution in [3.63, 3.8) is 0 Å². The zero-order chi connectivity index (χ0) is 11.4. The van der Waals surface area contributed by atoms with E-state index in [4.69, 9.17) is 26.8 Å². The number of hydrogen-bond donors (Lipinski definition) is 1. The third-order valence-electron chi connectivity index (χ3n) is 2.08. The molecule has 0 fully saturated rings. The fraction of sp³-hybridized carbons (Fsp3) is 0.400. The van der Waals surface area contributed by atoms with Gasteiger partial charge in [0.1, 0.15) is 6.67 Å².